The molecule has 5 nitrogen and oxygen atoms in total. The maximum Gasteiger partial charge on any atom is 0.244 e. The molecule has 1 heterocycles. The number of hydrogen-bond acceptors (Lipinski definition) is 3. The van der Waals surface area contributed by atoms with E-state index in [2.05, 4.69) is 10.4 Å². The lowest BCUT2D eigenvalue weighted by molar-refractivity contribution is -0.117. The molecule has 1 amide bonds. The lowest BCUT2D eigenvalue weighted by Crippen LogP contribution is -2.37. The van der Waals surface area contributed by atoms with Gasteiger partial charge in [0.15, 0.2) is 0 Å². The maximum absolute atomic E-state index is 11.8. The van der Waals surface area contributed by atoms with Crippen LogP contribution in [0.3, 0.4) is 0 Å². The van der Waals surface area contributed by atoms with Gasteiger partial charge in [-0.1, -0.05) is 6.92 Å². The minimum absolute atomic E-state index is 0.0409. The predicted octanol–water partition coefficient (Wildman–Crippen LogP) is 1.18. The highest BCUT2D eigenvalue weighted by molar-refractivity contribution is 5.92. The Morgan fingerprint density at radius 1 is 1.47 bits per heavy atom. The first-order chi connectivity index (χ1) is 8.86. The summed E-state index contributed by atoms with van der Waals surface area (Å²) in [5.41, 5.74) is 2.90. The second-order valence-electron chi connectivity index (χ2n) is 5.00. The Balaban J connectivity index is 2.69. The topological polar surface area (TPSA) is 67.2 Å². The van der Waals surface area contributed by atoms with Gasteiger partial charge in [-0.3, -0.25) is 9.48 Å². The molecule has 0 fully saturated rings. The Labute approximate surface area is 114 Å². The summed E-state index contributed by atoms with van der Waals surface area (Å²) in [6.45, 7) is 7.72. The van der Waals surface area contributed by atoms with Gasteiger partial charge in [-0.2, -0.15) is 5.10 Å². The summed E-state index contributed by atoms with van der Waals surface area (Å²) in [5.74, 6) is -0.116. The molecular weight excluding hydrogens is 242 g/mol. The fourth-order valence-corrected chi connectivity index (χ4v) is 1.76. The SMILES string of the molecule is Cc1nn(C)c(C)c1/C=C/C(=O)NC(C)C(C)CO. The highest BCUT2D eigenvalue weighted by Gasteiger charge is 2.12. The smallest absolute Gasteiger partial charge is 0.244 e. The molecule has 1 aromatic rings. The summed E-state index contributed by atoms with van der Waals surface area (Å²) in [6, 6.07) is -0.0572. The molecule has 0 bridgehead atoms. The number of nitrogens with one attached hydrogen (secondary N) is 1. The van der Waals surface area contributed by atoms with E-state index < -0.39 is 0 Å². The molecule has 0 aliphatic rings. The van der Waals surface area contributed by atoms with E-state index >= 15 is 0 Å². The largest absolute Gasteiger partial charge is 0.396 e. The summed E-state index contributed by atoms with van der Waals surface area (Å²) in [6.07, 6.45) is 3.29. The van der Waals surface area contributed by atoms with Crippen molar-refractivity contribution in [1.29, 1.82) is 0 Å². The minimum atomic E-state index is -0.157. The molecule has 2 N–H and O–H groups in total. The van der Waals surface area contributed by atoms with Gasteiger partial charge >= 0.3 is 0 Å². The molecule has 5 heteroatoms. The Morgan fingerprint density at radius 2 is 2.11 bits per heavy atom. The van der Waals surface area contributed by atoms with Crippen molar-refractivity contribution in [1.82, 2.24) is 15.1 Å². The van der Waals surface area contributed by atoms with Gasteiger partial charge in [0.1, 0.15) is 0 Å². The molecule has 19 heavy (non-hydrogen) atoms. The molecule has 0 spiro atoms. The lowest BCUT2D eigenvalue weighted by atomic mass is 10.1. The molecule has 0 aliphatic carbocycles. The number of amides is 1. The first-order valence-corrected chi connectivity index (χ1v) is 6.46. The normalized spacial score (nSPS) is 14.6. The van der Waals surface area contributed by atoms with Crippen LogP contribution in [0.1, 0.15) is 30.8 Å². The van der Waals surface area contributed by atoms with Crippen LogP contribution in [0.25, 0.3) is 6.08 Å². The van der Waals surface area contributed by atoms with Crippen LogP contribution in [0.4, 0.5) is 0 Å². The summed E-state index contributed by atoms with van der Waals surface area (Å²) >= 11 is 0. The van der Waals surface area contributed by atoms with Crippen LogP contribution in [-0.4, -0.2) is 33.4 Å². The molecule has 106 valence electrons. The van der Waals surface area contributed by atoms with Crippen LogP contribution in [-0.2, 0) is 11.8 Å². The average molecular weight is 265 g/mol. The van der Waals surface area contributed by atoms with Crippen molar-refractivity contribution in [2.24, 2.45) is 13.0 Å². The molecular formula is C14H23N3O2. The van der Waals surface area contributed by atoms with E-state index in [1.165, 1.54) is 6.08 Å². The third-order valence-corrected chi connectivity index (χ3v) is 3.48. The van der Waals surface area contributed by atoms with E-state index in [9.17, 15) is 4.79 Å². The predicted molar refractivity (Wildman–Crippen MR) is 75.6 cm³/mol. The summed E-state index contributed by atoms with van der Waals surface area (Å²) in [7, 11) is 1.88. The van der Waals surface area contributed by atoms with Gasteiger partial charge < -0.3 is 10.4 Å². The highest BCUT2D eigenvalue weighted by Crippen LogP contribution is 2.13. The quantitative estimate of drug-likeness (QED) is 0.786. The molecule has 0 aromatic carbocycles. The van der Waals surface area contributed by atoms with Crippen LogP contribution >= 0.6 is 0 Å². The van der Waals surface area contributed by atoms with Crippen molar-refractivity contribution in [3.8, 4) is 0 Å². The average Bonchev–Trinajstić information content (AvgIpc) is 2.60. The lowest BCUT2D eigenvalue weighted by Gasteiger charge is -2.18. The molecule has 2 atom stereocenters. The summed E-state index contributed by atoms with van der Waals surface area (Å²) in [4.78, 5) is 11.8. The fraction of sp³-hybridized carbons (Fsp3) is 0.571. The molecule has 0 saturated heterocycles. The Kier molecular flexibility index (Phi) is 5.30. The van der Waals surface area contributed by atoms with E-state index in [4.69, 9.17) is 5.11 Å². The van der Waals surface area contributed by atoms with Crippen LogP contribution in [0.2, 0.25) is 0 Å². The van der Waals surface area contributed by atoms with E-state index in [-0.39, 0.29) is 24.5 Å². The van der Waals surface area contributed by atoms with Gasteiger partial charge in [0.25, 0.3) is 0 Å². The number of aromatic nitrogens is 2. The molecule has 0 radical (unpaired) electrons. The van der Waals surface area contributed by atoms with Crippen LogP contribution in [0, 0.1) is 19.8 Å². The zero-order valence-electron chi connectivity index (χ0n) is 12.3. The second-order valence-corrected chi connectivity index (χ2v) is 5.00. The number of carbonyl (C=O) groups is 1. The Bertz CT molecular complexity index is 477. The van der Waals surface area contributed by atoms with E-state index in [0.717, 1.165) is 17.0 Å². The molecule has 1 aromatic heterocycles. The van der Waals surface area contributed by atoms with Crippen molar-refractivity contribution < 1.29 is 9.90 Å². The molecule has 0 saturated carbocycles. The number of rotatable bonds is 5. The number of aryl methyl sites for hydroxylation is 2. The minimum Gasteiger partial charge on any atom is -0.396 e. The number of nitrogens with zero attached hydrogens (tertiary/aromatic N) is 2. The zero-order chi connectivity index (χ0) is 14.6. The van der Waals surface area contributed by atoms with Crippen LogP contribution in [0.5, 0.6) is 0 Å². The first kappa shape index (κ1) is 15.4. The zero-order valence-corrected chi connectivity index (χ0v) is 12.3. The van der Waals surface area contributed by atoms with Crippen molar-refractivity contribution in [2.45, 2.75) is 33.7 Å². The van der Waals surface area contributed by atoms with Gasteiger partial charge in [-0.25, -0.2) is 0 Å². The monoisotopic (exact) mass is 265 g/mol. The summed E-state index contributed by atoms with van der Waals surface area (Å²) < 4.78 is 1.80. The summed E-state index contributed by atoms with van der Waals surface area (Å²) in [5, 5.41) is 16.1. The van der Waals surface area contributed by atoms with E-state index in [0.29, 0.717) is 0 Å². The number of aliphatic hydroxyl groups is 1. The van der Waals surface area contributed by atoms with Gasteiger partial charge in [0.2, 0.25) is 5.91 Å². The first-order valence-electron chi connectivity index (χ1n) is 6.46. The van der Waals surface area contributed by atoms with Crippen molar-refractivity contribution in [3.05, 3.63) is 23.0 Å². The van der Waals surface area contributed by atoms with Gasteiger partial charge in [-0.15, -0.1) is 0 Å². The van der Waals surface area contributed by atoms with Gasteiger partial charge in [0, 0.05) is 37.0 Å². The third kappa shape index (κ3) is 3.92. The van der Waals surface area contributed by atoms with Gasteiger partial charge in [0.05, 0.1) is 5.69 Å². The molecule has 0 aliphatic heterocycles. The number of carbonyl (C=O) groups excluding carboxylic acids is 1. The molecule has 1 rings (SSSR count). The van der Waals surface area contributed by atoms with Crippen molar-refractivity contribution in [3.63, 3.8) is 0 Å². The van der Waals surface area contributed by atoms with E-state index in [1.807, 2.05) is 34.7 Å². The Hall–Kier alpha value is -1.62. The van der Waals surface area contributed by atoms with Gasteiger partial charge in [-0.05, 0) is 32.8 Å². The third-order valence-electron chi connectivity index (χ3n) is 3.48. The maximum atomic E-state index is 11.8. The number of hydrogen-bond donors (Lipinski definition) is 2. The number of aliphatic hydroxyl groups excluding tert-OH is 1. The van der Waals surface area contributed by atoms with Crippen molar-refractivity contribution >= 4 is 12.0 Å². The second kappa shape index (κ2) is 6.52. The van der Waals surface area contributed by atoms with Crippen LogP contribution < -0.4 is 5.32 Å². The highest BCUT2D eigenvalue weighted by atomic mass is 16.3. The standard InChI is InChI=1S/C14H23N3O2/c1-9(8-18)10(2)15-14(19)7-6-13-11(3)16-17(5)12(13)4/h6-7,9-10,18H,8H2,1-5H3,(H,15,19)/b7-6+. The fourth-order valence-electron chi connectivity index (χ4n) is 1.76. The Morgan fingerprint density at radius 3 is 2.58 bits per heavy atom. The van der Waals surface area contributed by atoms with Crippen LogP contribution in [0.15, 0.2) is 6.08 Å². The molecule has 2 unspecified atom stereocenters. The van der Waals surface area contributed by atoms with E-state index in [1.54, 1.807) is 10.8 Å². The van der Waals surface area contributed by atoms with Crippen molar-refractivity contribution in [2.75, 3.05) is 6.61 Å².